The van der Waals surface area contributed by atoms with Crippen molar-refractivity contribution in [1.29, 1.82) is 0 Å². The highest BCUT2D eigenvalue weighted by Crippen LogP contribution is 2.40. The second-order valence-electron chi connectivity index (χ2n) is 23.8. The first-order valence-electron chi connectivity index (χ1n) is 29.8. The minimum absolute atomic E-state index is 0.0789. The minimum atomic E-state index is -2.10. The molecular formula is C56H93N7O26. The van der Waals surface area contributed by atoms with Gasteiger partial charge in [0.05, 0.1) is 73.6 Å². The molecule has 0 spiro atoms. The molecule has 6 saturated heterocycles. The maximum Gasteiger partial charge on any atom is 0.330 e. The van der Waals surface area contributed by atoms with E-state index in [1.807, 2.05) is 6.08 Å². The highest BCUT2D eigenvalue weighted by molar-refractivity contribution is 5.82. The molecule has 7 fully saturated rings. The van der Waals surface area contributed by atoms with Crippen molar-refractivity contribution < 1.29 is 128 Å². The van der Waals surface area contributed by atoms with Crippen LogP contribution in [0.25, 0.3) is 0 Å². The summed E-state index contributed by atoms with van der Waals surface area (Å²) in [5.41, 5.74) is 41.6. The third-order valence-corrected chi connectivity index (χ3v) is 16.9. The van der Waals surface area contributed by atoms with Gasteiger partial charge in [0, 0.05) is 63.4 Å². The van der Waals surface area contributed by atoms with Crippen molar-refractivity contribution in [3.63, 3.8) is 0 Å². The number of fused-ring (bicyclic) bond motifs is 3. The molecule has 1 saturated carbocycles. The molecule has 27 N–H and O–H groups in total. The molecule has 7 heterocycles. The van der Waals surface area contributed by atoms with Gasteiger partial charge < -0.3 is 159 Å². The molecule has 508 valence electrons. The second-order valence-corrected chi connectivity index (χ2v) is 23.8. The first-order valence-corrected chi connectivity index (χ1v) is 29.8. The highest BCUT2D eigenvalue weighted by Gasteiger charge is 2.56. The van der Waals surface area contributed by atoms with Crippen LogP contribution in [0.5, 0.6) is 0 Å². The smallest absolute Gasteiger partial charge is 0.330 e. The topological polar surface area (TPSA) is 584 Å². The van der Waals surface area contributed by atoms with E-state index in [0.29, 0.717) is 6.42 Å². The average Bonchev–Trinajstić information content (AvgIpc) is 1.82. The number of cyclic esters (lactones) is 1. The lowest BCUT2D eigenvalue weighted by Crippen LogP contribution is -2.68. The monoisotopic (exact) mass is 1280 g/mol. The fourth-order valence-corrected chi connectivity index (χ4v) is 11.7. The van der Waals surface area contributed by atoms with Crippen molar-refractivity contribution in [3.05, 3.63) is 60.8 Å². The molecule has 89 heavy (non-hydrogen) atoms. The molecule has 0 unspecified atom stereocenters. The second kappa shape index (κ2) is 32.6. The highest BCUT2D eigenvalue weighted by atomic mass is 16.8. The van der Waals surface area contributed by atoms with Gasteiger partial charge in [0.15, 0.2) is 30.9 Å². The van der Waals surface area contributed by atoms with Crippen molar-refractivity contribution >= 4 is 11.9 Å². The van der Waals surface area contributed by atoms with Crippen LogP contribution in [0.1, 0.15) is 52.4 Å². The Morgan fingerprint density at radius 2 is 1.16 bits per heavy atom. The van der Waals surface area contributed by atoms with Crippen LogP contribution in [0, 0.1) is 5.92 Å². The summed E-state index contributed by atoms with van der Waals surface area (Å²) in [6.45, 7) is 2.37. The summed E-state index contributed by atoms with van der Waals surface area (Å²) >= 11 is 0. The summed E-state index contributed by atoms with van der Waals surface area (Å²) in [5.74, 6) is -5.45. The molecule has 33 heteroatoms. The summed E-state index contributed by atoms with van der Waals surface area (Å²) in [6.07, 6.45) is -14.5. The van der Waals surface area contributed by atoms with Crippen LogP contribution < -0.4 is 40.1 Å². The Hall–Kier alpha value is -3.52. The first-order chi connectivity index (χ1) is 42.1. The van der Waals surface area contributed by atoms with Crippen LogP contribution in [-0.2, 0) is 61.7 Å². The first kappa shape index (κ1) is 72.9. The van der Waals surface area contributed by atoms with Crippen LogP contribution in [0.3, 0.4) is 0 Å². The van der Waals surface area contributed by atoms with Gasteiger partial charge in [0.25, 0.3) is 0 Å². The lowest BCUT2D eigenvalue weighted by atomic mass is 9.83. The number of carboxylic acids is 1. The van der Waals surface area contributed by atoms with Gasteiger partial charge >= 0.3 is 11.9 Å². The quantitative estimate of drug-likeness (QED) is 0.0637. The number of aliphatic hydroxyl groups excluding tert-OH is 11. The van der Waals surface area contributed by atoms with Crippen LogP contribution in [-0.4, -0.2) is 293 Å². The number of nitrogens with two attached hydrogens (primary N) is 7. The van der Waals surface area contributed by atoms with E-state index in [2.05, 4.69) is 0 Å². The van der Waals surface area contributed by atoms with E-state index in [9.17, 15) is 76.0 Å². The molecule has 7 aliphatic heterocycles. The molecular weight excluding hydrogens is 1190 g/mol. The van der Waals surface area contributed by atoms with Crippen LogP contribution in [0.4, 0.5) is 0 Å². The summed E-state index contributed by atoms with van der Waals surface area (Å²) in [6, 6.07) is -5.26. The van der Waals surface area contributed by atoms with E-state index in [-0.39, 0.29) is 44.9 Å². The van der Waals surface area contributed by atoms with Gasteiger partial charge in [-0.25, -0.2) is 4.79 Å². The van der Waals surface area contributed by atoms with Gasteiger partial charge in [-0.2, -0.15) is 0 Å². The van der Waals surface area contributed by atoms with Gasteiger partial charge in [-0.15, -0.1) is 0 Å². The predicted molar refractivity (Wildman–Crippen MR) is 304 cm³/mol. The summed E-state index contributed by atoms with van der Waals surface area (Å²) in [7, 11) is 0. The van der Waals surface area contributed by atoms with Gasteiger partial charge in [-0.3, -0.25) is 4.79 Å². The number of aliphatic carboxylic acids is 1. The molecule has 0 aromatic heterocycles. The molecule has 0 amide bonds. The maximum absolute atomic E-state index is 12.3. The number of carboxylic acid groups (broad SMARTS) is 1. The number of carbonyl (C=O) groups excluding carboxylic acids is 1. The molecule has 2 bridgehead atoms. The fraction of sp³-hybridized carbons (Fsp3) is 0.786. The van der Waals surface area contributed by atoms with Crippen LogP contribution in [0.15, 0.2) is 60.8 Å². The van der Waals surface area contributed by atoms with E-state index in [0.717, 1.165) is 0 Å². The van der Waals surface area contributed by atoms with Crippen molar-refractivity contribution in [2.24, 2.45) is 46.1 Å². The van der Waals surface area contributed by atoms with Gasteiger partial charge in [0.2, 0.25) is 0 Å². The summed E-state index contributed by atoms with van der Waals surface area (Å²) < 4.78 is 63.2. The van der Waals surface area contributed by atoms with Gasteiger partial charge in [-0.1, -0.05) is 48.6 Å². The molecule has 0 aromatic rings. The Labute approximate surface area is 513 Å². The average molecular weight is 1280 g/mol. The standard InChI is InChI=1S/C33H47NO13.C23H46N6O13/c1-18-10-8-6-4-3-5-7-9-11-21(45-32-30(39)28(34)29(38)19(2)44-32)15-25-27(31(40)41)22(36)17-33(42,47-25)16-20(35)14-24-23(46-24)12-13-26(37)43-18;24-2-7-13(32)15(34)10(28)21(37-7)40-18-6(27)1-5(26)12(31)20(18)42-23-17(36)19(9(4-30)39-23)41-22-11(29)16(35)14(33)8(3-25)38-22/h3-9,11-13,18-25,27-30,32,35-36,38-39,42H,10,14-17,34H2,1-2H3,(H,40,41);5-23,30-36H,1-4,24-29H2/b4-3+,7-5+,8-6+,11-9+,13-12+;/t18-,19-,20+,21+,22+,23-,24-,25+,27-,28+,29-,30+,32+,33-;5-,6+,7-,8+,9-,10-,11-,12+,13-,14-,15-,16-,17-,18-,19-,20-,21-,22-,23+/m11/s1. The van der Waals surface area contributed by atoms with Crippen molar-refractivity contribution in [3.8, 4) is 0 Å². The van der Waals surface area contributed by atoms with E-state index in [1.165, 1.54) is 12.2 Å². The SMILES string of the molecule is C[C@@H]1C/C=C/C=C/C=C/C=C/[C@H](O[C@@H]2O[C@H](C)[C@@H](O)[C@H](N)[C@@H]2O)C[C@@H]2O[C@](O)(C[C@@H](O)C[C@H]3O[C@@H]3/C=C/C(=O)O1)C[C@H](O)[C@H]2C(=O)O.NC[C@@H]1O[C@H](O[C@H]2[C@@H](O)[C@H](O[C@@H]3[C@@H](O)[C@H](N)C[C@H](N)[C@H]3O[C@H]3O[C@H](CN)[C@@H](O)[C@H](O)[C@H]3N)O[C@@H]2CO)[C@H](N)[C@@H](O)[C@@H]1O. The van der Waals surface area contributed by atoms with Gasteiger partial charge in [0.1, 0.15) is 91.4 Å². The van der Waals surface area contributed by atoms with Crippen molar-refractivity contribution in [1.82, 2.24) is 0 Å². The lowest BCUT2D eigenvalue weighted by Gasteiger charge is -2.47. The number of rotatable bonds is 12. The Morgan fingerprint density at radius 1 is 0.584 bits per heavy atom. The van der Waals surface area contributed by atoms with E-state index < -0.39 is 220 Å². The van der Waals surface area contributed by atoms with E-state index >= 15 is 0 Å². The number of epoxide rings is 1. The molecule has 8 aliphatic rings. The number of esters is 1. The van der Waals surface area contributed by atoms with Crippen molar-refractivity contribution in [2.75, 3.05) is 19.7 Å². The predicted octanol–water partition coefficient (Wildman–Crippen LogP) is -8.78. The normalized spacial score (nSPS) is 50.3. The molecule has 0 radical (unpaired) electrons. The molecule has 8 rings (SSSR count). The van der Waals surface area contributed by atoms with Crippen LogP contribution in [0.2, 0.25) is 0 Å². The maximum atomic E-state index is 12.3. The number of hydrogen-bond acceptors (Lipinski definition) is 32. The number of aliphatic hydroxyl groups is 12. The Bertz CT molecular complexity index is 2400. The largest absolute Gasteiger partial charge is 0.481 e. The fourth-order valence-electron chi connectivity index (χ4n) is 11.7. The summed E-state index contributed by atoms with van der Waals surface area (Å²) in [5, 5.41) is 137. The molecule has 33 atom stereocenters. The Morgan fingerprint density at radius 3 is 1.76 bits per heavy atom. The third kappa shape index (κ3) is 18.5. The number of hydrogen-bond donors (Lipinski definition) is 20. The van der Waals surface area contributed by atoms with Crippen molar-refractivity contribution in [2.45, 2.75) is 248 Å². The van der Waals surface area contributed by atoms with E-state index in [4.69, 9.17) is 92.2 Å². The van der Waals surface area contributed by atoms with Crippen LogP contribution >= 0.6 is 0 Å². The number of carbonyl (C=O) groups is 2. The minimum Gasteiger partial charge on any atom is -0.481 e. The third-order valence-electron chi connectivity index (χ3n) is 16.9. The summed E-state index contributed by atoms with van der Waals surface area (Å²) in [4.78, 5) is 24.4. The lowest BCUT2D eigenvalue weighted by molar-refractivity contribution is -0.308. The zero-order valence-corrected chi connectivity index (χ0v) is 49.3. The molecule has 1 aliphatic carbocycles. The van der Waals surface area contributed by atoms with Gasteiger partial charge in [-0.05, 0) is 26.3 Å². The van der Waals surface area contributed by atoms with E-state index in [1.54, 1.807) is 56.4 Å². The number of ether oxygens (including phenoxy) is 11. The molecule has 33 nitrogen and oxygen atoms in total. The zero-order chi connectivity index (χ0) is 65.3. The zero-order valence-electron chi connectivity index (χ0n) is 49.3. The Balaban J connectivity index is 0.000000255. The number of allylic oxidation sites excluding steroid dienone is 6. The Kier molecular flexibility index (Phi) is 26.7. The molecule has 0 aromatic carbocycles.